The van der Waals surface area contributed by atoms with Crippen LogP contribution in [0.2, 0.25) is 0 Å². The molecule has 0 atom stereocenters. The van der Waals surface area contributed by atoms with E-state index in [1.54, 1.807) is 0 Å². The van der Waals surface area contributed by atoms with E-state index in [9.17, 15) is 4.79 Å². The maximum Gasteiger partial charge on any atom is 0.254 e. The minimum Gasteiger partial charge on any atom is -0.310 e. The van der Waals surface area contributed by atoms with Crippen LogP contribution in [0.15, 0.2) is 29.1 Å². The van der Waals surface area contributed by atoms with E-state index in [1.165, 1.54) is 30.4 Å². The Balaban J connectivity index is 1.54. The van der Waals surface area contributed by atoms with Gasteiger partial charge in [0.15, 0.2) is 0 Å². The molecule has 0 amide bonds. The van der Waals surface area contributed by atoms with Crippen molar-refractivity contribution in [2.75, 3.05) is 6.54 Å². The van der Waals surface area contributed by atoms with Crippen molar-refractivity contribution in [3.63, 3.8) is 0 Å². The number of aromatic amines is 1. The number of benzene rings is 1. The lowest BCUT2D eigenvalue weighted by molar-refractivity contribution is 0.239. The number of nitrogens with one attached hydrogen (secondary N) is 1. The van der Waals surface area contributed by atoms with E-state index in [0.29, 0.717) is 5.92 Å². The van der Waals surface area contributed by atoms with Gasteiger partial charge in [-0.25, -0.2) is 4.98 Å². The van der Waals surface area contributed by atoms with Gasteiger partial charge >= 0.3 is 0 Å². The Morgan fingerprint density at radius 2 is 2.08 bits per heavy atom. The topological polar surface area (TPSA) is 49.0 Å². The minimum atomic E-state index is 0.0979. The highest BCUT2D eigenvalue weighted by atomic mass is 16.1. The number of aromatic nitrogens is 2. The molecule has 25 heavy (non-hydrogen) atoms. The van der Waals surface area contributed by atoms with Gasteiger partial charge in [-0.3, -0.25) is 9.69 Å². The van der Waals surface area contributed by atoms with Gasteiger partial charge < -0.3 is 4.98 Å². The second kappa shape index (κ2) is 7.12. The second-order valence-electron chi connectivity index (χ2n) is 7.66. The zero-order valence-corrected chi connectivity index (χ0v) is 15.1. The summed E-state index contributed by atoms with van der Waals surface area (Å²) in [4.78, 5) is 22.9. The van der Waals surface area contributed by atoms with Crippen LogP contribution in [0.3, 0.4) is 0 Å². The third kappa shape index (κ3) is 3.69. The summed E-state index contributed by atoms with van der Waals surface area (Å²) in [6.45, 7) is 4.77. The lowest BCUT2D eigenvalue weighted by Crippen LogP contribution is -2.35. The second-order valence-corrected chi connectivity index (χ2v) is 7.66. The molecule has 2 aromatic rings. The average Bonchev–Trinajstić information content (AvgIpc) is 2.62. The normalized spacial score (nSPS) is 18.9. The summed E-state index contributed by atoms with van der Waals surface area (Å²) >= 11 is 0. The fourth-order valence-electron chi connectivity index (χ4n) is 4.29. The molecule has 1 aromatic carbocycles. The molecule has 1 saturated carbocycles. The minimum absolute atomic E-state index is 0.0979. The van der Waals surface area contributed by atoms with E-state index in [4.69, 9.17) is 4.98 Å². The van der Waals surface area contributed by atoms with E-state index in [0.717, 1.165) is 56.0 Å². The predicted octanol–water partition coefficient (Wildman–Crippen LogP) is 3.68. The van der Waals surface area contributed by atoms with Gasteiger partial charge in [-0.15, -0.1) is 0 Å². The van der Waals surface area contributed by atoms with Crippen molar-refractivity contribution < 1.29 is 0 Å². The van der Waals surface area contributed by atoms with Crippen molar-refractivity contribution >= 4 is 0 Å². The summed E-state index contributed by atoms with van der Waals surface area (Å²) in [6, 6.07) is 8.68. The zero-order valence-electron chi connectivity index (χ0n) is 15.1. The quantitative estimate of drug-likeness (QED) is 0.929. The first kappa shape index (κ1) is 16.5. The highest BCUT2D eigenvalue weighted by molar-refractivity contribution is 5.24. The number of hydrogen-bond acceptors (Lipinski definition) is 3. The number of fused-ring (bicyclic) bond motifs is 1. The third-order valence-corrected chi connectivity index (χ3v) is 5.65. The van der Waals surface area contributed by atoms with Crippen LogP contribution in [0.25, 0.3) is 0 Å². The molecule has 2 aliphatic rings. The summed E-state index contributed by atoms with van der Waals surface area (Å²) in [5.41, 5.74) is 4.63. The lowest BCUT2D eigenvalue weighted by atomic mass is 9.88. The molecule has 0 unspecified atom stereocenters. The standard InChI is InChI=1S/C21H27N3O/c1-15-6-5-7-16(12-15)13-24-11-10-18-19(14-24)22-20(23-21(18)25)17-8-3-2-4-9-17/h5-7,12,17H,2-4,8-11,13-14H2,1H3,(H,22,23,25). The molecule has 0 spiro atoms. The van der Waals surface area contributed by atoms with Crippen LogP contribution in [0, 0.1) is 6.92 Å². The summed E-state index contributed by atoms with van der Waals surface area (Å²) in [5.74, 6) is 1.37. The number of aryl methyl sites for hydroxylation is 1. The van der Waals surface area contributed by atoms with E-state index >= 15 is 0 Å². The zero-order chi connectivity index (χ0) is 17.2. The molecule has 1 N–H and O–H groups in total. The van der Waals surface area contributed by atoms with Gasteiger partial charge in [0.1, 0.15) is 5.82 Å². The van der Waals surface area contributed by atoms with Crippen molar-refractivity contribution in [3.05, 3.63) is 62.8 Å². The SMILES string of the molecule is Cc1cccc(CN2CCc3c(nc(C4CCCCC4)[nH]c3=O)C2)c1. The summed E-state index contributed by atoms with van der Waals surface area (Å²) in [5, 5.41) is 0. The van der Waals surface area contributed by atoms with Gasteiger partial charge in [-0.2, -0.15) is 0 Å². The fourth-order valence-corrected chi connectivity index (χ4v) is 4.29. The van der Waals surface area contributed by atoms with Gasteiger partial charge in [0.25, 0.3) is 5.56 Å². The van der Waals surface area contributed by atoms with E-state index < -0.39 is 0 Å². The highest BCUT2D eigenvalue weighted by Gasteiger charge is 2.24. The van der Waals surface area contributed by atoms with Crippen LogP contribution in [0.4, 0.5) is 0 Å². The van der Waals surface area contributed by atoms with Gasteiger partial charge in [0.05, 0.1) is 5.69 Å². The first-order chi connectivity index (χ1) is 12.2. The monoisotopic (exact) mass is 337 g/mol. The summed E-state index contributed by atoms with van der Waals surface area (Å²) in [6.07, 6.45) is 6.95. The molecule has 132 valence electrons. The van der Waals surface area contributed by atoms with Crippen molar-refractivity contribution in [1.29, 1.82) is 0 Å². The predicted molar refractivity (Wildman–Crippen MR) is 99.7 cm³/mol. The number of rotatable bonds is 3. The largest absolute Gasteiger partial charge is 0.310 e. The van der Waals surface area contributed by atoms with Crippen LogP contribution in [-0.2, 0) is 19.5 Å². The van der Waals surface area contributed by atoms with Gasteiger partial charge in [-0.05, 0) is 31.7 Å². The molecule has 0 saturated heterocycles. The van der Waals surface area contributed by atoms with Gasteiger partial charge in [-0.1, -0.05) is 49.1 Å². The molecule has 4 rings (SSSR count). The third-order valence-electron chi connectivity index (χ3n) is 5.65. The van der Waals surface area contributed by atoms with Crippen LogP contribution >= 0.6 is 0 Å². The molecule has 0 radical (unpaired) electrons. The maximum absolute atomic E-state index is 12.5. The van der Waals surface area contributed by atoms with Crippen molar-refractivity contribution in [2.45, 2.75) is 64.5 Å². The number of H-pyrrole nitrogens is 1. The molecule has 2 heterocycles. The smallest absolute Gasteiger partial charge is 0.254 e. The van der Waals surface area contributed by atoms with E-state index in [1.807, 2.05) is 0 Å². The molecule has 1 fully saturated rings. The Hall–Kier alpha value is -1.94. The Morgan fingerprint density at radius 1 is 1.24 bits per heavy atom. The van der Waals surface area contributed by atoms with Crippen LogP contribution in [-0.4, -0.2) is 21.4 Å². The summed E-state index contributed by atoms with van der Waals surface area (Å²) in [7, 11) is 0. The lowest BCUT2D eigenvalue weighted by Gasteiger charge is -2.29. The number of nitrogens with zero attached hydrogens (tertiary/aromatic N) is 2. The molecule has 0 bridgehead atoms. The molecule has 1 aliphatic carbocycles. The Labute approximate surface area is 149 Å². The van der Waals surface area contributed by atoms with Crippen LogP contribution in [0.1, 0.15) is 66.2 Å². The molecular formula is C21H27N3O. The fraction of sp³-hybridized carbons (Fsp3) is 0.524. The maximum atomic E-state index is 12.5. The highest BCUT2D eigenvalue weighted by Crippen LogP contribution is 2.30. The van der Waals surface area contributed by atoms with Crippen molar-refractivity contribution in [2.24, 2.45) is 0 Å². The van der Waals surface area contributed by atoms with E-state index in [2.05, 4.69) is 41.1 Å². The van der Waals surface area contributed by atoms with Crippen LogP contribution < -0.4 is 5.56 Å². The molecule has 1 aromatic heterocycles. The van der Waals surface area contributed by atoms with Gasteiger partial charge in [0, 0.05) is 31.1 Å². The average molecular weight is 337 g/mol. The Morgan fingerprint density at radius 3 is 2.88 bits per heavy atom. The number of hydrogen-bond donors (Lipinski definition) is 1. The first-order valence-electron chi connectivity index (χ1n) is 9.59. The van der Waals surface area contributed by atoms with Gasteiger partial charge in [0.2, 0.25) is 0 Å². The molecule has 1 aliphatic heterocycles. The van der Waals surface area contributed by atoms with Crippen molar-refractivity contribution in [1.82, 2.24) is 14.9 Å². The molecular weight excluding hydrogens is 310 g/mol. The Bertz CT molecular complexity index is 805. The molecule has 4 heteroatoms. The van der Waals surface area contributed by atoms with Crippen molar-refractivity contribution in [3.8, 4) is 0 Å². The Kier molecular flexibility index (Phi) is 4.71. The van der Waals surface area contributed by atoms with E-state index in [-0.39, 0.29) is 5.56 Å². The molecule has 4 nitrogen and oxygen atoms in total. The van der Waals surface area contributed by atoms with Crippen LogP contribution in [0.5, 0.6) is 0 Å². The summed E-state index contributed by atoms with van der Waals surface area (Å²) < 4.78 is 0. The first-order valence-corrected chi connectivity index (χ1v) is 9.59.